The fourth-order valence-electron chi connectivity index (χ4n) is 3.18. The Morgan fingerprint density at radius 1 is 1.37 bits per heavy atom. The van der Waals surface area contributed by atoms with E-state index in [0.717, 1.165) is 0 Å². The van der Waals surface area contributed by atoms with E-state index < -0.39 is 17.4 Å². The number of amides is 2. The highest BCUT2D eigenvalue weighted by molar-refractivity contribution is 8.01. The van der Waals surface area contributed by atoms with Crippen molar-refractivity contribution in [2.75, 3.05) is 29.5 Å². The molecule has 2 amide bonds. The summed E-state index contributed by atoms with van der Waals surface area (Å²) < 4.78 is 0.586. The second-order valence-electron chi connectivity index (χ2n) is 6.85. The van der Waals surface area contributed by atoms with Crippen LogP contribution in [0.3, 0.4) is 0 Å². The topological polar surface area (TPSA) is 177 Å². The van der Waals surface area contributed by atoms with Crippen molar-refractivity contribution in [3.05, 3.63) is 11.1 Å². The molecule has 2 aromatic rings. The van der Waals surface area contributed by atoms with E-state index in [1.54, 1.807) is 5.38 Å². The number of aliphatic carboxylic acids is 1. The summed E-state index contributed by atoms with van der Waals surface area (Å²) in [5.74, 6) is -1.03. The largest absolute Gasteiger partial charge is 0.481 e. The molecule has 15 heteroatoms. The van der Waals surface area contributed by atoms with Gasteiger partial charge in [-0.1, -0.05) is 23.1 Å². The van der Waals surface area contributed by atoms with Gasteiger partial charge in [0.05, 0.1) is 12.1 Å². The average Bonchev–Trinajstić information content (AvgIpc) is 3.31. The van der Waals surface area contributed by atoms with Gasteiger partial charge in [0.1, 0.15) is 16.8 Å². The van der Waals surface area contributed by atoms with Gasteiger partial charge in [-0.3, -0.25) is 14.4 Å². The van der Waals surface area contributed by atoms with Crippen molar-refractivity contribution in [2.45, 2.75) is 22.2 Å². The molecule has 2 aliphatic heterocycles. The van der Waals surface area contributed by atoms with Crippen LogP contribution in [0.15, 0.2) is 9.72 Å². The van der Waals surface area contributed by atoms with Gasteiger partial charge in [0.25, 0.3) is 0 Å². The molecular formula is C15H17N7O4S4. The van der Waals surface area contributed by atoms with Crippen molar-refractivity contribution < 1.29 is 19.5 Å². The summed E-state index contributed by atoms with van der Waals surface area (Å²) in [5, 5.41) is 22.3. The molecule has 4 heterocycles. The van der Waals surface area contributed by atoms with Crippen molar-refractivity contribution in [1.29, 1.82) is 0 Å². The van der Waals surface area contributed by atoms with E-state index in [0.29, 0.717) is 26.0 Å². The zero-order valence-corrected chi connectivity index (χ0v) is 18.6. The van der Waals surface area contributed by atoms with E-state index in [9.17, 15) is 19.5 Å². The lowest BCUT2D eigenvalue weighted by Gasteiger charge is -2.53. The standard InChI is InChI=1S/C15H17N7O4S4/c16-12-18-6(2-27-12)1-7(23)19-8-9(24)22-3-15(11(25)26,4-28-10(8)22)5-29-14-21-20-13(17)30-14/h2,8,10H,1,3-5H2,(H2,16,18)(H2,17,20)(H,19,23)(H,25,26)/t8?,10-,15?/m1/s1. The van der Waals surface area contributed by atoms with Gasteiger partial charge < -0.3 is 26.8 Å². The first-order chi connectivity index (χ1) is 14.3. The number of fused-ring (bicyclic) bond motifs is 1. The smallest absolute Gasteiger partial charge is 0.313 e. The van der Waals surface area contributed by atoms with Gasteiger partial charge in [-0.2, -0.15) is 0 Å². The minimum absolute atomic E-state index is 0.0373. The summed E-state index contributed by atoms with van der Waals surface area (Å²) >= 11 is 5.06. The number of hydrogen-bond donors (Lipinski definition) is 4. The van der Waals surface area contributed by atoms with Gasteiger partial charge in [-0.25, -0.2) is 4.98 Å². The molecular weight excluding hydrogens is 470 g/mol. The number of hydrogen-bond acceptors (Lipinski definition) is 12. The van der Waals surface area contributed by atoms with Crippen molar-refractivity contribution >= 4 is 74.2 Å². The van der Waals surface area contributed by atoms with Gasteiger partial charge in [0, 0.05) is 23.4 Å². The Labute approximate surface area is 187 Å². The molecule has 0 aromatic carbocycles. The number of nitrogens with one attached hydrogen (secondary N) is 1. The zero-order valence-electron chi connectivity index (χ0n) is 15.3. The maximum Gasteiger partial charge on any atom is 0.313 e. The molecule has 160 valence electrons. The monoisotopic (exact) mass is 487 g/mol. The van der Waals surface area contributed by atoms with Crippen molar-refractivity contribution in [3.63, 3.8) is 0 Å². The number of anilines is 2. The molecule has 30 heavy (non-hydrogen) atoms. The lowest BCUT2D eigenvalue weighted by Crippen LogP contribution is -2.74. The normalized spacial score (nSPS) is 25.5. The SMILES string of the molecule is Nc1nc(CC(=O)NC2C(=O)N3CC(CSc4nnc(N)s4)(C(=O)O)CS[C@H]23)cs1. The van der Waals surface area contributed by atoms with Crippen LogP contribution < -0.4 is 16.8 Å². The first-order valence-electron chi connectivity index (χ1n) is 8.64. The predicted molar refractivity (Wildman–Crippen MR) is 115 cm³/mol. The Hall–Kier alpha value is -2.10. The Kier molecular flexibility index (Phi) is 5.78. The van der Waals surface area contributed by atoms with Crippen LogP contribution >= 0.6 is 46.2 Å². The lowest BCUT2D eigenvalue weighted by molar-refractivity contribution is -0.157. The number of rotatable bonds is 7. The fraction of sp³-hybridized carbons (Fsp3) is 0.467. The van der Waals surface area contributed by atoms with Gasteiger partial charge in [0.2, 0.25) is 16.9 Å². The van der Waals surface area contributed by atoms with Crippen molar-refractivity contribution in [3.8, 4) is 0 Å². The summed E-state index contributed by atoms with van der Waals surface area (Å²) in [5.41, 5.74) is 10.6. The van der Waals surface area contributed by atoms with Crippen LogP contribution in [-0.2, 0) is 20.8 Å². The summed E-state index contributed by atoms with van der Waals surface area (Å²) in [4.78, 5) is 42.5. The van der Waals surface area contributed by atoms with Crippen LogP contribution in [0.1, 0.15) is 5.69 Å². The number of nitrogen functional groups attached to an aromatic ring is 2. The molecule has 6 N–H and O–H groups in total. The molecule has 2 saturated heterocycles. The van der Waals surface area contributed by atoms with Gasteiger partial charge in [0.15, 0.2) is 9.47 Å². The summed E-state index contributed by atoms with van der Waals surface area (Å²) in [6, 6.07) is -0.666. The van der Waals surface area contributed by atoms with Crippen LogP contribution in [0.25, 0.3) is 0 Å². The van der Waals surface area contributed by atoms with E-state index in [-0.39, 0.29) is 35.9 Å². The number of thioether (sulfide) groups is 2. The Morgan fingerprint density at radius 3 is 2.80 bits per heavy atom. The number of aromatic nitrogens is 3. The number of carbonyl (C=O) groups is 3. The third kappa shape index (κ3) is 4.06. The molecule has 2 fully saturated rings. The first-order valence-corrected chi connectivity index (χ1v) is 12.4. The summed E-state index contributed by atoms with van der Waals surface area (Å²) in [6.07, 6.45) is 0.0373. The van der Waals surface area contributed by atoms with Gasteiger partial charge >= 0.3 is 5.97 Å². The Balaban J connectivity index is 1.36. The van der Waals surface area contributed by atoms with E-state index in [2.05, 4.69) is 20.5 Å². The van der Waals surface area contributed by atoms with E-state index in [1.807, 2.05) is 0 Å². The molecule has 3 atom stereocenters. The highest BCUT2D eigenvalue weighted by atomic mass is 32.2. The zero-order chi connectivity index (χ0) is 21.5. The highest BCUT2D eigenvalue weighted by Gasteiger charge is 2.57. The first kappa shape index (κ1) is 21.1. The predicted octanol–water partition coefficient (Wildman–Crippen LogP) is -0.0353. The van der Waals surface area contributed by atoms with Crippen LogP contribution in [-0.4, -0.2) is 72.4 Å². The lowest BCUT2D eigenvalue weighted by atomic mass is 9.89. The molecule has 4 rings (SSSR count). The number of β-lactam (4-membered cyclic amide) rings is 1. The Bertz CT molecular complexity index is 997. The molecule has 2 unspecified atom stereocenters. The van der Waals surface area contributed by atoms with E-state index in [1.165, 1.54) is 51.1 Å². The molecule has 0 aliphatic carbocycles. The van der Waals surface area contributed by atoms with Crippen molar-refractivity contribution in [2.24, 2.45) is 5.41 Å². The van der Waals surface area contributed by atoms with Gasteiger partial charge in [-0.05, 0) is 0 Å². The summed E-state index contributed by atoms with van der Waals surface area (Å²) in [7, 11) is 0. The molecule has 11 nitrogen and oxygen atoms in total. The van der Waals surface area contributed by atoms with Crippen molar-refractivity contribution in [1.82, 2.24) is 25.4 Å². The molecule has 0 radical (unpaired) electrons. The minimum Gasteiger partial charge on any atom is -0.481 e. The molecule has 2 aliphatic rings. The minimum atomic E-state index is -1.12. The highest BCUT2D eigenvalue weighted by Crippen LogP contribution is 2.44. The molecule has 0 saturated carbocycles. The van der Waals surface area contributed by atoms with Crippen LogP contribution in [0.5, 0.6) is 0 Å². The third-order valence-corrected chi connectivity index (χ3v) is 9.21. The fourth-order valence-corrected chi connectivity index (χ4v) is 7.24. The maximum atomic E-state index is 12.6. The second kappa shape index (κ2) is 8.20. The second-order valence-corrected chi connectivity index (χ2v) is 11.1. The molecule has 0 spiro atoms. The summed E-state index contributed by atoms with van der Waals surface area (Å²) in [6.45, 7) is 0.0785. The average molecular weight is 488 g/mol. The number of nitrogens with two attached hydrogens (primary N) is 2. The van der Waals surface area contributed by atoms with Crippen LogP contribution in [0.4, 0.5) is 10.3 Å². The number of carboxylic acids is 1. The van der Waals surface area contributed by atoms with E-state index >= 15 is 0 Å². The van der Waals surface area contributed by atoms with E-state index in [4.69, 9.17) is 11.5 Å². The maximum absolute atomic E-state index is 12.6. The number of thiazole rings is 1. The number of nitrogens with zero attached hydrogens (tertiary/aromatic N) is 4. The number of carbonyl (C=O) groups excluding carboxylic acids is 2. The number of carboxylic acid groups (broad SMARTS) is 1. The molecule has 0 bridgehead atoms. The Morgan fingerprint density at radius 2 is 2.17 bits per heavy atom. The quantitative estimate of drug-likeness (QED) is 0.304. The third-order valence-electron chi connectivity index (χ3n) is 4.72. The molecule has 2 aromatic heterocycles. The van der Waals surface area contributed by atoms with Crippen LogP contribution in [0.2, 0.25) is 0 Å². The van der Waals surface area contributed by atoms with Gasteiger partial charge in [-0.15, -0.1) is 33.3 Å². The van der Waals surface area contributed by atoms with Crippen LogP contribution in [0, 0.1) is 5.41 Å².